The number of hydrogen-bond acceptors (Lipinski definition) is 5. The number of nitrogens with one attached hydrogen (secondary N) is 3. The number of para-hydroxylation sites is 1. The number of urea groups is 1. The molecule has 7 nitrogen and oxygen atoms in total. The van der Waals surface area contributed by atoms with Gasteiger partial charge in [0.05, 0.1) is 25.5 Å². The number of amides is 2. The number of aromatic nitrogens is 1. The average Bonchev–Trinajstić information content (AvgIpc) is 2.73. The maximum absolute atomic E-state index is 12.0. The van der Waals surface area contributed by atoms with Gasteiger partial charge >= 0.3 is 6.03 Å². The van der Waals surface area contributed by atoms with Crippen molar-refractivity contribution in [2.75, 3.05) is 36.2 Å². The van der Waals surface area contributed by atoms with Crippen LogP contribution in [0.2, 0.25) is 0 Å². The number of rotatable bonds is 8. The monoisotopic (exact) mass is 378 g/mol. The van der Waals surface area contributed by atoms with Crippen LogP contribution in [0.4, 0.5) is 22.0 Å². The molecule has 2 amide bonds. The second-order valence-electron chi connectivity index (χ2n) is 5.83. The Kier molecular flexibility index (Phi) is 6.67. The van der Waals surface area contributed by atoms with Gasteiger partial charge in [-0.3, -0.25) is 0 Å². The fourth-order valence-corrected chi connectivity index (χ4v) is 2.41. The van der Waals surface area contributed by atoms with Crippen LogP contribution in [0.3, 0.4) is 0 Å². The number of carbonyl (C=O) groups excluding carboxylic acids is 1. The van der Waals surface area contributed by atoms with Crippen molar-refractivity contribution in [2.45, 2.75) is 0 Å². The first kappa shape index (κ1) is 19.0. The molecule has 1 heterocycles. The first-order valence-electron chi connectivity index (χ1n) is 8.83. The van der Waals surface area contributed by atoms with E-state index >= 15 is 0 Å². The van der Waals surface area contributed by atoms with Crippen LogP contribution in [-0.2, 0) is 0 Å². The molecule has 0 bridgehead atoms. The van der Waals surface area contributed by atoms with Crippen LogP contribution < -0.4 is 25.4 Å². The maximum Gasteiger partial charge on any atom is 0.323 e. The van der Waals surface area contributed by atoms with Crippen LogP contribution in [0, 0.1) is 0 Å². The summed E-state index contributed by atoms with van der Waals surface area (Å²) in [5, 5.41) is 8.66. The third-order valence-electron chi connectivity index (χ3n) is 3.79. The van der Waals surface area contributed by atoms with Gasteiger partial charge in [-0.25, -0.2) is 9.78 Å². The molecule has 144 valence electrons. The van der Waals surface area contributed by atoms with Gasteiger partial charge in [-0.15, -0.1) is 0 Å². The van der Waals surface area contributed by atoms with Gasteiger partial charge in [0.1, 0.15) is 23.9 Å². The molecule has 0 aliphatic rings. The minimum atomic E-state index is -0.318. The number of carbonyl (C=O) groups is 1. The predicted octanol–water partition coefficient (Wildman–Crippen LogP) is 4.23. The van der Waals surface area contributed by atoms with Crippen molar-refractivity contribution >= 4 is 23.2 Å². The molecule has 3 N–H and O–H groups in total. The van der Waals surface area contributed by atoms with Gasteiger partial charge in [0.2, 0.25) is 0 Å². The average molecular weight is 378 g/mol. The summed E-state index contributed by atoms with van der Waals surface area (Å²) >= 11 is 0. The summed E-state index contributed by atoms with van der Waals surface area (Å²) in [6.45, 7) is 1.09. The summed E-state index contributed by atoms with van der Waals surface area (Å²) in [5.41, 5.74) is 1.33. The Hall–Kier alpha value is -3.74. The first-order valence-corrected chi connectivity index (χ1v) is 8.83. The second kappa shape index (κ2) is 9.82. The van der Waals surface area contributed by atoms with E-state index in [1.807, 2.05) is 54.6 Å². The number of methoxy groups -OCH3 is 1. The third kappa shape index (κ3) is 5.91. The van der Waals surface area contributed by atoms with Crippen molar-refractivity contribution in [1.29, 1.82) is 0 Å². The highest BCUT2D eigenvalue weighted by Gasteiger charge is 2.03. The minimum absolute atomic E-state index is 0.318. The Morgan fingerprint density at radius 2 is 1.61 bits per heavy atom. The summed E-state index contributed by atoms with van der Waals surface area (Å²) < 4.78 is 10.8. The lowest BCUT2D eigenvalue weighted by molar-refractivity contribution is 0.262. The Morgan fingerprint density at radius 3 is 2.29 bits per heavy atom. The fourth-order valence-electron chi connectivity index (χ4n) is 2.41. The van der Waals surface area contributed by atoms with Crippen molar-refractivity contribution in [3.05, 3.63) is 72.9 Å². The predicted molar refractivity (Wildman–Crippen MR) is 110 cm³/mol. The number of benzene rings is 2. The number of anilines is 3. The maximum atomic E-state index is 12.0. The second-order valence-corrected chi connectivity index (χ2v) is 5.83. The zero-order valence-electron chi connectivity index (χ0n) is 15.5. The SMILES string of the molecule is COc1ccc(OCCNc2ccc(NC(=O)Nc3ccccc3)cn2)cc1. The fraction of sp³-hybridized carbons (Fsp3) is 0.143. The van der Waals surface area contributed by atoms with E-state index in [2.05, 4.69) is 20.9 Å². The third-order valence-corrected chi connectivity index (χ3v) is 3.79. The molecule has 0 unspecified atom stereocenters. The van der Waals surface area contributed by atoms with Gasteiger partial charge in [0, 0.05) is 5.69 Å². The van der Waals surface area contributed by atoms with Crippen LogP contribution in [0.25, 0.3) is 0 Å². The molecule has 0 saturated carbocycles. The summed E-state index contributed by atoms with van der Waals surface area (Å²) in [6.07, 6.45) is 1.59. The van der Waals surface area contributed by atoms with Gasteiger partial charge in [-0.1, -0.05) is 18.2 Å². The molecule has 3 aromatic rings. The van der Waals surface area contributed by atoms with Gasteiger partial charge in [-0.05, 0) is 48.5 Å². The van der Waals surface area contributed by atoms with Crippen LogP contribution in [0.15, 0.2) is 72.9 Å². The lowest BCUT2D eigenvalue weighted by Gasteiger charge is -2.10. The van der Waals surface area contributed by atoms with Gasteiger partial charge in [0.25, 0.3) is 0 Å². The van der Waals surface area contributed by atoms with Crippen LogP contribution in [0.5, 0.6) is 11.5 Å². The van der Waals surface area contributed by atoms with E-state index in [4.69, 9.17) is 9.47 Å². The first-order chi connectivity index (χ1) is 13.7. The molecule has 0 spiro atoms. The molecule has 0 radical (unpaired) electrons. The Balaban J connectivity index is 1.39. The van der Waals surface area contributed by atoms with Crippen molar-refractivity contribution in [1.82, 2.24) is 4.98 Å². The lowest BCUT2D eigenvalue weighted by Crippen LogP contribution is -2.19. The number of pyridine rings is 1. The molecule has 28 heavy (non-hydrogen) atoms. The minimum Gasteiger partial charge on any atom is -0.497 e. The summed E-state index contributed by atoms with van der Waals surface area (Å²) in [6, 6.07) is 19.9. The van der Waals surface area contributed by atoms with Crippen molar-refractivity contribution in [2.24, 2.45) is 0 Å². The Labute approximate surface area is 163 Å². The highest BCUT2D eigenvalue weighted by Crippen LogP contribution is 2.17. The van der Waals surface area contributed by atoms with E-state index in [0.29, 0.717) is 24.7 Å². The molecule has 0 fully saturated rings. The smallest absolute Gasteiger partial charge is 0.323 e. The van der Waals surface area contributed by atoms with Crippen LogP contribution >= 0.6 is 0 Å². The number of hydrogen-bond donors (Lipinski definition) is 3. The Morgan fingerprint density at radius 1 is 0.893 bits per heavy atom. The number of ether oxygens (including phenoxy) is 2. The van der Waals surface area contributed by atoms with E-state index in [1.54, 1.807) is 25.4 Å². The molecule has 0 aliphatic heterocycles. The standard InChI is InChI=1S/C21H22N4O3/c1-27-18-8-10-19(11-9-18)28-14-13-22-20-12-7-17(15-23-20)25-21(26)24-16-5-3-2-4-6-16/h2-12,15H,13-14H2,1H3,(H,22,23)(H2,24,25,26). The normalized spacial score (nSPS) is 10.0. The molecule has 7 heteroatoms. The molecule has 0 atom stereocenters. The quantitative estimate of drug-likeness (QED) is 0.511. The van der Waals surface area contributed by atoms with Crippen molar-refractivity contribution in [3.63, 3.8) is 0 Å². The summed E-state index contributed by atoms with van der Waals surface area (Å²) in [4.78, 5) is 16.2. The Bertz CT molecular complexity index is 868. The van der Waals surface area contributed by atoms with Gasteiger partial charge in [0.15, 0.2) is 0 Å². The topological polar surface area (TPSA) is 84.5 Å². The highest BCUT2D eigenvalue weighted by molar-refractivity contribution is 5.99. The molecule has 0 aliphatic carbocycles. The van der Waals surface area contributed by atoms with Crippen LogP contribution in [-0.4, -0.2) is 31.3 Å². The summed E-state index contributed by atoms with van der Waals surface area (Å²) in [7, 11) is 1.63. The van der Waals surface area contributed by atoms with Crippen molar-refractivity contribution < 1.29 is 14.3 Å². The molecular weight excluding hydrogens is 356 g/mol. The molecular formula is C21H22N4O3. The zero-order chi connectivity index (χ0) is 19.6. The number of nitrogens with zero attached hydrogens (tertiary/aromatic N) is 1. The van der Waals surface area contributed by atoms with E-state index in [9.17, 15) is 4.79 Å². The van der Waals surface area contributed by atoms with Crippen molar-refractivity contribution in [3.8, 4) is 11.5 Å². The van der Waals surface area contributed by atoms with E-state index in [0.717, 1.165) is 17.2 Å². The van der Waals surface area contributed by atoms with E-state index in [-0.39, 0.29) is 6.03 Å². The van der Waals surface area contributed by atoms with E-state index < -0.39 is 0 Å². The zero-order valence-corrected chi connectivity index (χ0v) is 15.5. The van der Waals surface area contributed by atoms with Gasteiger partial charge in [-0.2, -0.15) is 0 Å². The molecule has 3 rings (SSSR count). The summed E-state index contributed by atoms with van der Waals surface area (Å²) in [5.74, 6) is 2.27. The highest BCUT2D eigenvalue weighted by atomic mass is 16.5. The van der Waals surface area contributed by atoms with E-state index in [1.165, 1.54) is 0 Å². The van der Waals surface area contributed by atoms with Crippen LogP contribution in [0.1, 0.15) is 0 Å². The molecule has 1 aromatic heterocycles. The molecule has 0 saturated heterocycles. The molecule has 2 aromatic carbocycles. The largest absolute Gasteiger partial charge is 0.497 e. The van der Waals surface area contributed by atoms with Gasteiger partial charge < -0.3 is 25.4 Å². The lowest BCUT2D eigenvalue weighted by atomic mass is 10.3.